The highest BCUT2D eigenvalue weighted by Crippen LogP contribution is 2.20. The minimum absolute atomic E-state index is 0.110. The molecule has 3 amide bonds. The van der Waals surface area contributed by atoms with Gasteiger partial charge in [0.25, 0.3) is 5.91 Å². The van der Waals surface area contributed by atoms with E-state index in [1.165, 1.54) is 0 Å². The van der Waals surface area contributed by atoms with E-state index < -0.39 is 11.8 Å². The maximum Gasteiger partial charge on any atom is 0.269 e. The Balaban J connectivity index is 1.52. The van der Waals surface area contributed by atoms with Gasteiger partial charge in [-0.15, -0.1) is 0 Å². The summed E-state index contributed by atoms with van der Waals surface area (Å²) in [6.07, 6.45) is 1.66. The highest BCUT2D eigenvalue weighted by Gasteiger charge is 2.34. The number of nitrogens with one attached hydrogen (secondary N) is 2. The summed E-state index contributed by atoms with van der Waals surface area (Å²) in [5.74, 6) is -0.720. The van der Waals surface area contributed by atoms with Crippen molar-refractivity contribution in [1.29, 1.82) is 0 Å². The first-order valence-electron chi connectivity index (χ1n) is 8.10. The molecule has 1 aliphatic heterocycles. The van der Waals surface area contributed by atoms with Gasteiger partial charge in [-0.2, -0.15) is 0 Å². The van der Waals surface area contributed by atoms with Crippen LogP contribution in [0, 0.1) is 16.4 Å². The van der Waals surface area contributed by atoms with Gasteiger partial charge in [-0.25, -0.2) is 0 Å². The normalized spacial score (nSPS) is 16.6. The standard InChI is InChI=1S/C18H18IN3O4/c1-11-4-5-12(7-15(11)19)17(24)20-21-18(25)13-8-16(23)22(9-13)10-14-3-2-6-26-14/h2-7,13H,8-10H2,1H3,(H,20,24)(H,21,25). The van der Waals surface area contributed by atoms with Crippen LogP contribution in [0.1, 0.15) is 28.1 Å². The van der Waals surface area contributed by atoms with Crippen LogP contribution in [-0.2, 0) is 16.1 Å². The van der Waals surface area contributed by atoms with Crippen molar-refractivity contribution in [3.05, 3.63) is 57.1 Å². The van der Waals surface area contributed by atoms with Crippen molar-refractivity contribution >= 4 is 40.3 Å². The van der Waals surface area contributed by atoms with E-state index >= 15 is 0 Å². The fourth-order valence-corrected chi connectivity index (χ4v) is 3.23. The molecular formula is C18H18IN3O4. The number of carbonyl (C=O) groups is 3. The van der Waals surface area contributed by atoms with Crippen molar-refractivity contribution in [3.63, 3.8) is 0 Å². The number of carbonyl (C=O) groups excluding carboxylic acids is 3. The summed E-state index contributed by atoms with van der Waals surface area (Å²) in [5.41, 5.74) is 6.36. The predicted molar refractivity (Wildman–Crippen MR) is 102 cm³/mol. The summed E-state index contributed by atoms with van der Waals surface area (Å²) >= 11 is 2.15. The molecule has 2 N–H and O–H groups in total. The van der Waals surface area contributed by atoms with Gasteiger partial charge in [0.15, 0.2) is 0 Å². The molecule has 1 atom stereocenters. The zero-order valence-corrected chi connectivity index (χ0v) is 16.3. The number of amides is 3. The SMILES string of the molecule is Cc1ccc(C(=O)NNC(=O)C2CC(=O)N(Cc3ccco3)C2)cc1I. The van der Waals surface area contributed by atoms with Gasteiger partial charge in [0.1, 0.15) is 5.76 Å². The van der Waals surface area contributed by atoms with Gasteiger partial charge < -0.3 is 9.32 Å². The van der Waals surface area contributed by atoms with Crippen molar-refractivity contribution < 1.29 is 18.8 Å². The Kier molecular flexibility index (Phi) is 5.60. The number of rotatable bonds is 4. The molecule has 1 aromatic carbocycles. The van der Waals surface area contributed by atoms with E-state index in [-0.39, 0.29) is 18.2 Å². The fraction of sp³-hybridized carbons (Fsp3) is 0.278. The van der Waals surface area contributed by atoms with Gasteiger partial charge in [0, 0.05) is 22.1 Å². The minimum Gasteiger partial charge on any atom is -0.467 e. The van der Waals surface area contributed by atoms with E-state index in [4.69, 9.17) is 4.42 Å². The molecule has 7 nitrogen and oxygen atoms in total. The predicted octanol–water partition coefficient (Wildman–Crippen LogP) is 2.00. The lowest BCUT2D eigenvalue weighted by Crippen LogP contribution is -2.45. The van der Waals surface area contributed by atoms with Gasteiger partial charge in [0.2, 0.25) is 11.8 Å². The molecule has 0 aliphatic carbocycles. The van der Waals surface area contributed by atoms with E-state index in [1.807, 2.05) is 13.0 Å². The Morgan fingerprint density at radius 2 is 2.12 bits per heavy atom. The number of furan rings is 1. The van der Waals surface area contributed by atoms with E-state index in [2.05, 4.69) is 33.4 Å². The van der Waals surface area contributed by atoms with Crippen LogP contribution in [0.5, 0.6) is 0 Å². The molecule has 2 heterocycles. The molecule has 0 bridgehead atoms. The van der Waals surface area contributed by atoms with Crippen molar-refractivity contribution in [2.24, 2.45) is 5.92 Å². The number of hydrogen-bond acceptors (Lipinski definition) is 4. The number of halogens is 1. The Bertz CT molecular complexity index is 835. The lowest BCUT2D eigenvalue weighted by atomic mass is 10.1. The highest BCUT2D eigenvalue weighted by molar-refractivity contribution is 14.1. The molecule has 1 saturated heterocycles. The molecule has 8 heteroatoms. The third-order valence-corrected chi connectivity index (χ3v) is 5.41. The van der Waals surface area contributed by atoms with Crippen molar-refractivity contribution in [3.8, 4) is 0 Å². The van der Waals surface area contributed by atoms with E-state index in [0.717, 1.165) is 9.13 Å². The van der Waals surface area contributed by atoms with Crippen LogP contribution in [0.4, 0.5) is 0 Å². The molecule has 26 heavy (non-hydrogen) atoms. The van der Waals surface area contributed by atoms with Crippen LogP contribution in [0.2, 0.25) is 0 Å². The van der Waals surface area contributed by atoms with Crippen molar-refractivity contribution in [2.45, 2.75) is 19.9 Å². The molecule has 0 saturated carbocycles. The Labute approximate surface area is 164 Å². The summed E-state index contributed by atoms with van der Waals surface area (Å²) in [6.45, 7) is 2.59. The van der Waals surface area contributed by atoms with E-state index in [9.17, 15) is 14.4 Å². The topological polar surface area (TPSA) is 91.7 Å². The third kappa shape index (κ3) is 4.24. The maximum atomic E-state index is 12.3. The first-order chi connectivity index (χ1) is 12.4. The summed E-state index contributed by atoms with van der Waals surface area (Å²) in [4.78, 5) is 38.1. The number of nitrogens with zero attached hydrogens (tertiary/aromatic N) is 1. The van der Waals surface area contributed by atoms with Crippen LogP contribution in [0.15, 0.2) is 41.0 Å². The second-order valence-electron chi connectivity index (χ2n) is 6.16. The van der Waals surface area contributed by atoms with E-state index in [0.29, 0.717) is 24.4 Å². The van der Waals surface area contributed by atoms with Crippen LogP contribution >= 0.6 is 22.6 Å². The summed E-state index contributed by atoms with van der Waals surface area (Å²) in [5, 5.41) is 0. The van der Waals surface area contributed by atoms with Gasteiger partial charge in [-0.05, 0) is 59.3 Å². The smallest absolute Gasteiger partial charge is 0.269 e. The molecule has 0 radical (unpaired) electrons. The van der Waals surface area contributed by atoms with E-state index in [1.54, 1.807) is 35.4 Å². The summed E-state index contributed by atoms with van der Waals surface area (Å²) in [6, 6.07) is 8.83. The maximum absolute atomic E-state index is 12.3. The molecule has 1 unspecified atom stereocenters. The molecular weight excluding hydrogens is 449 g/mol. The number of aryl methyl sites for hydroxylation is 1. The molecule has 1 fully saturated rings. The minimum atomic E-state index is -0.504. The van der Waals surface area contributed by atoms with Crippen LogP contribution in [0.3, 0.4) is 0 Å². The Morgan fingerprint density at radius 1 is 1.31 bits per heavy atom. The van der Waals surface area contributed by atoms with Crippen LogP contribution in [0.25, 0.3) is 0 Å². The quantitative estimate of drug-likeness (QED) is 0.532. The lowest BCUT2D eigenvalue weighted by molar-refractivity contribution is -0.129. The second kappa shape index (κ2) is 7.90. The lowest BCUT2D eigenvalue weighted by Gasteiger charge is -2.15. The van der Waals surface area contributed by atoms with Gasteiger partial charge in [0.05, 0.1) is 18.7 Å². The fourth-order valence-electron chi connectivity index (χ4n) is 2.72. The molecule has 3 rings (SSSR count). The zero-order valence-electron chi connectivity index (χ0n) is 14.1. The zero-order chi connectivity index (χ0) is 18.7. The molecule has 136 valence electrons. The Morgan fingerprint density at radius 3 is 2.81 bits per heavy atom. The number of hydrogen-bond donors (Lipinski definition) is 2. The molecule has 1 aliphatic rings. The number of likely N-dealkylation sites (tertiary alicyclic amines) is 1. The Hall–Kier alpha value is -2.36. The third-order valence-electron chi connectivity index (χ3n) is 4.25. The number of hydrazine groups is 1. The van der Waals surface area contributed by atoms with Crippen LogP contribution < -0.4 is 10.9 Å². The average Bonchev–Trinajstić information content (AvgIpc) is 3.25. The summed E-state index contributed by atoms with van der Waals surface area (Å²) in [7, 11) is 0. The molecule has 0 spiro atoms. The monoisotopic (exact) mass is 467 g/mol. The number of benzene rings is 1. The van der Waals surface area contributed by atoms with Crippen molar-refractivity contribution in [2.75, 3.05) is 6.54 Å². The second-order valence-corrected chi connectivity index (χ2v) is 7.32. The van der Waals surface area contributed by atoms with Gasteiger partial charge in [-0.3, -0.25) is 25.2 Å². The molecule has 1 aromatic heterocycles. The summed E-state index contributed by atoms with van der Waals surface area (Å²) < 4.78 is 6.20. The molecule has 2 aromatic rings. The highest BCUT2D eigenvalue weighted by atomic mass is 127. The first-order valence-corrected chi connectivity index (χ1v) is 9.18. The first kappa shape index (κ1) is 18.4. The van der Waals surface area contributed by atoms with Crippen LogP contribution in [-0.4, -0.2) is 29.2 Å². The average molecular weight is 467 g/mol. The van der Waals surface area contributed by atoms with Gasteiger partial charge >= 0.3 is 0 Å². The van der Waals surface area contributed by atoms with Gasteiger partial charge in [-0.1, -0.05) is 6.07 Å². The largest absolute Gasteiger partial charge is 0.467 e. The van der Waals surface area contributed by atoms with Crippen molar-refractivity contribution in [1.82, 2.24) is 15.8 Å².